The lowest BCUT2D eigenvalue weighted by Crippen LogP contribution is -2.40. The van der Waals surface area contributed by atoms with Gasteiger partial charge >= 0.3 is 6.18 Å². The second kappa shape index (κ2) is 5.49. The van der Waals surface area contributed by atoms with Gasteiger partial charge in [0.1, 0.15) is 5.60 Å². The number of ether oxygens (including phenoxy) is 1. The Balaban J connectivity index is 4.40. The first-order valence-corrected chi connectivity index (χ1v) is 4.96. The molecule has 0 radical (unpaired) electrons. The highest BCUT2D eigenvalue weighted by Crippen LogP contribution is 2.27. The maximum Gasteiger partial charge on any atom is 0.389 e. The van der Waals surface area contributed by atoms with Crippen LogP contribution in [0.4, 0.5) is 13.2 Å². The predicted octanol–water partition coefficient (Wildman–Crippen LogP) is 3.10. The highest BCUT2D eigenvalue weighted by Gasteiger charge is 2.37. The van der Waals surface area contributed by atoms with Gasteiger partial charge in [0, 0.05) is 13.5 Å². The van der Waals surface area contributed by atoms with Crippen molar-refractivity contribution in [3.8, 4) is 0 Å². The molecule has 90 valence electrons. The second-order valence-corrected chi connectivity index (χ2v) is 3.44. The van der Waals surface area contributed by atoms with Crippen LogP contribution in [0.15, 0.2) is 0 Å². The summed E-state index contributed by atoms with van der Waals surface area (Å²) < 4.78 is 40.8. The molecule has 0 fully saturated rings. The summed E-state index contributed by atoms with van der Waals surface area (Å²) in [4.78, 5) is 11.6. The van der Waals surface area contributed by atoms with E-state index in [-0.39, 0.29) is 0 Å². The Hall–Kier alpha value is -0.580. The summed E-state index contributed by atoms with van der Waals surface area (Å²) in [5.41, 5.74) is -1.04. The topological polar surface area (TPSA) is 26.3 Å². The van der Waals surface area contributed by atoms with Crippen LogP contribution in [0.5, 0.6) is 0 Å². The van der Waals surface area contributed by atoms with Crippen LogP contribution in [0.1, 0.15) is 39.5 Å². The number of halogens is 3. The molecule has 0 atom stereocenters. The van der Waals surface area contributed by atoms with Gasteiger partial charge in [-0.05, 0) is 12.8 Å². The van der Waals surface area contributed by atoms with E-state index in [1.807, 2.05) is 0 Å². The van der Waals surface area contributed by atoms with Crippen molar-refractivity contribution < 1.29 is 22.7 Å². The first kappa shape index (κ1) is 14.4. The molecule has 0 saturated heterocycles. The second-order valence-electron chi connectivity index (χ2n) is 3.44. The first-order chi connectivity index (χ1) is 6.81. The molecule has 0 bridgehead atoms. The lowest BCUT2D eigenvalue weighted by Gasteiger charge is -2.28. The Morgan fingerprint density at radius 1 is 1.20 bits per heavy atom. The third-order valence-corrected chi connectivity index (χ3v) is 2.68. The number of carbonyl (C=O) groups excluding carboxylic acids is 1. The van der Waals surface area contributed by atoms with Crippen molar-refractivity contribution >= 4 is 5.78 Å². The Morgan fingerprint density at radius 3 is 1.93 bits per heavy atom. The van der Waals surface area contributed by atoms with E-state index in [0.29, 0.717) is 12.8 Å². The molecular formula is C10H17F3O2. The largest absolute Gasteiger partial charge is 0.389 e. The van der Waals surface area contributed by atoms with E-state index in [0.717, 1.165) is 0 Å². The van der Waals surface area contributed by atoms with Crippen LogP contribution in [0.25, 0.3) is 0 Å². The summed E-state index contributed by atoms with van der Waals surface area (Å²) in [6.07, 6.45) is -5.06. The number of methoxy groups -OCH3 is 1. The Bertz CT molecular complexity index is 199. The molecule has 0 aliphatic heterocycles. The summed E-state index contributed by atoms with van der Waals surface area (Å²) >= 11 is 0. The van der Waals surface area contributed by atoms with Gasteiger partial charge in [-0.1, -0.05) is 13.8 Å². The number of alkyl halides is 3. The zero-order chi connectivity index (χ0) is 12.1. The van der Waals surface area contributed by atoms with Crippen LogP contribution >= 0.6 is 0 Å². The molecule has 0 saturated carbocycles. The van der Waals surface area contributed by atoms with Crippen molar-refractivity contribution in [1.29, 1.82) is 0 Å². The fourth-order valence-electron chi connectivity index (χ4n) is 1.53. The zero-order valence-corrected chi connectivity index (χ0v) is 9.28. The normalized spacial score (nSPS) is 12.9. The maximum absolute atomic E-state index is 11.9. The minimum Gasteiger partial charge on any atom is -0.370 e. The van der Waals surface area contributed by atoms with E-state index >= 15 is 0 Å². The molecule has 2 nitrogen and oxygen atoms in total. The fourth-order valence-corrected chi connectivity index (χ4v) is 1.53. The van der Waals surface area contributed by atoms with Crippen LogP contribution in [-0.4, -0.2) is 24.7 Å². The van der Waals surface area contributed by atoms with Gasteiger partial charge in [0.15, 0.2) is 5.78 Å². The summed E-state index contributed by atoms with van der Waals surface area (Å²) in [7, 11) is 1.36. The molecule has 5 heteroatoms. The van der Waals surface area contributed by atoms with Crippen molar-refractivity contribution in [2.24, 2.45) is 0 Å². The molecule has 0 aromatic heterocycles. The Kier molecular flexibility index (Phi) is 5.28. The number of rotatable bonds is 6. The van der Waals surface area contributed by atoms with E-state index in [1.54, 1.807) is 13.8 Å². The zero-order valence-electron chi connectivity index (χ0n) is 9.28. The Morgan fingerprint density at radius 2 is 1.67 bits per heavy atom. The van der Waals surface area contributed by atoms with Gasteiger partial charge in [-0.25, -0.2) is 0 Å². The van der Waals surface area contributed by atoms with Gasteiger partial charge in [-0.15, -0.1) is 0 Å². The van der Waals surface area contributed by atoms with Gasteiger partial charge in [0.2, 0.25) is 0 Å². The van der Waals surface area contributed by atoms with Crippen molar-refractivity contribution in [3.05, 3.63) is 0 Å². The van der Waals surface area contributed by atoms with E-state index in [1.165, 1.54) is 7.11 Å². The summed E-state index contributed by atoms with van der Waals surface area (Å²) in [5, 5.41) is 0. The molecule has 0 aliphatic rings. The minimum atomic E-state index is -4.28. The number of hydrogen-bond donors (Lipinski definition) is 0. The van der Waals surface area contributed by atoms with Crippen LogP contribution in [-0.2, 0) is 9.53 Å². The molecule has 0 aromatic carbocycles. The van der Waals surface area contributed by atoms with Gasteiger partial charge in [0.05, 0.1) is 6.42 Å². The van der Waals surface area contributed by atoms with E-state index < -0.39 is 30.4 Å². The highest BCUT2D eigenvalue weighted by atomic mass is 19.4. The summed E-state index contributed by atoms with van der Waals surface area (Å²) in [6.45, 7) is 3.47. The predicted molar refractivity (Wildman–Crippen MR) is 50.6 cm³/mol. The lowest BCUT2D eigenvalue weighted by atomic mass is 9.89. The monoisotopic (exact) mass is 226 g/mol. The van der Waals surface area contributed by atoms with Crippen LogP contribution in [0.3, 0.4) is 0 Å². The smallest absolute Gasteiger partial charge is 0.370 e. The SMILES string of the molecule is CCC(CC)(OC)C(=O)CCC(F)(F)F. The molecular weight excluding hydrogens is 209 g/mol. The quantitative estimate of drug-likeness (QED) is 0.695. The van der Waals surface area contributed by atoms with Crippen molar-refractivity contribution in [1.82, 2.24) is 0 Å². The number of carbonyl (C=O) groups is 1. The van der Waals surface area contributed by atoms with Crippen LogP contribution in [0, 0.1) is 0 Å². The molecule has 0 rings (SSSR count). The van der Waals surface area contributed by atoms with Crippen molar-refractivity contribution in [2.45, 2.75) is 51.3 Å². The standard InChI is InChI=1S/C10H17F3O2/c1-4-9(5-2,15-3)8(14)6-7-10(11,12)13/h4-7H2,1-3H3. The van der Waals surface area contributed by atoms with E-state index in [2.05, 4.69) is 0 Å². The lowest BCUT2D eigenvalue weighted by molar-refractivity contribution is -0.155. The molecule has 0 aliphatic carbocycles. The van der Waals surface area contributed by atoms with E-state index in [9.17, 15) is 18.0 Å². The molecule has 0 unspecified atom stereocenters. The van der Waals surface area contributed by atoms with E-state index in [4.69, 9.17) is 4.74 Å². The Labute approximate surface area is 87.8 Å². The third-order valence-electron chi connectivity index (χ3n) is 2.68. The minimum absolute atomic E-state index is 0.399. The van der Waals surface area contributed by atoms with Crippen molar-refractivity contribution in [2.75, 3.05) is 7.11 Å². The number of ketones is 1. The maximum atomic E-state index is 11.9. The third kappa shape index (κ3) is 4.20. The average molecular weight is 226 g/mol. The van der Waals surface area contributed by atoms with Crippen molar-refractivity contribution in [3.63, 3.8) is 0 Å². The molecule has 0 spiro atoms. The molecule has 0 heterocycles. The molecule has 0 N–H and O–H groups in total. The molecule has 0 amide bonds. The van der Waals surface area contributed by atoms with Gasteiger partial charge < -0.3 is 4.74 Å². The molecule has 0 aromatic rings. The highest BCUT2D eigenvalue weighted by molar-refractivity contribution is 5.87. The van der Waals surface area contributed by atoms with Gasteiger partial charge in [-0.3, -0.25) is 4.79 Å². The average Bonchev–Trinajstić information content (AvgIpc) is 2.17. The fraction of sp³-hybridized carbons (Fsp3) is 0.900. The first-order valence-electron chi connectivity index (χ1n) is 4.96. The van der Waals surface area contributed by atoms with Gasteiger partial charge in [-0.2, -0.15) is 13.2 Å². The summed E-state index contributed by atoms with van der Waals surface area (Å²) in [6, 6.07) is 0. The number of hydrogen-bond acceptors (Lipinski definition) is 2. The number of Topliss-reactive ketones (excluding diaryl/α,β-unsaturated/α-hetero) is 1. The van der Waals surface area contributed by atoms with Crippen LogP contribution in [0.2, 0.25) is 0 Å². The molecule has 15 heavy (non-hydrogen) atoms. The van der Waals surface area contributed by atoms with Crippen LogP contribution < -0.4 is 0 Å². The van der Waals surface area contributed by atoms with Gasteiger partial charge in [0.25, 0.3) is 0 Å². The summed E-state index contributed by atoms with van der Waals surface area (Å²) in [5.74, 6) is -0.465.